The minimum atomic E-state index is 0.650. The Morgan fingerprint density at radius 3 is 2.88 bits per heavy atom. The second-order valence-corrected chi connectivity index (χ2v) is 5.77. The average Bonchev–Trinajstić information content (AvgIpc) is 3.09. The monoisotopic (exact) mass is 343 g/mol. The van der Waals surface area contributed by atoms with Gasteiger partial charge in [-0.25, -0.2) is 9.97 Å². The molecule has 0 saturated heterocycles. The third kappa shape index (κ3) is 3.61. The van der Waals surface area contributed by atoms with Gasteiger partial charge in [-0.1, -0.05) is 24.3 Å². The van der Waals surface area contributed by atoms with E-state index in [-0.39, 0.29) is 0 Å². The van der Waals surface area contributed by atoms with Crippen molar-refractivity contribution in [1.82, 2.24) is 29.8 Å². The summed E-state index contributed by atoms with van der Waals surface area (Å²) >= 11 is 0. The zero-order chi connectivity index (χ0) is 17.6. The van der Waals surface area contributed by atoms with Crippen LogP contribution in [0, 0.1) is 0 Å². The molecule has 0 spiro atoms. The molecule has 0 N–H and O–H groups in total. The van der Waals surface area contributed by atoms with Crippen molar-refractivity contribution in [1.29, 1.82) is 0 Å². The van der Waals surface area contributed by atoms with Gasteiger partial charge in [0.1, 0.15) is 6.33 Å². The predicted octanol–water partition coefficient (Wildman–Crippen LogP) is 2.64. The number of hydrogen-bond donors (Lipinski definition) is 0. The first-order valence-corrected chi connectivity index (χ1v) is 8.37. The van der Waals surface area contributed by atoms with Crippen molar-refractivity contribution >= 4 is 11.9 Å². The summed E-state index contributed by atoms with van der Waals surface area (Å²) in [6.07, 6.45) is 18.7. The molecule has 1 aliphatic heterocycles. The summed E-state index contributed by atoms with van der Waals surface area (Å²) in [4.78, 5) is 12.4. The van der Waals surface area contributed by atoms with Crippen LogP contribution in [0.5, 0.6) is 0 Å². The summed E-state index contributed by atoms with van der Waals surface area (Å²) in [6.45, 7) is 0.665. The summed E-state index contributed by atoms with van der Waals surface area (Å²) in [7, 11) is 0. The van der Waals surface area contributed by atoms with Gasteiger partial charge in [-0.05, 0) is 30.2 Å². The smallest absolute Gasteiger partial charge is 0.177 e. The largest absolute Gasteiger partial charge is 0.289 e. The molecule has 0 bridgehead atoms. The third-order valence-electron chi connectivity index (χ3n) is 3.93. The van der Waals surface area contributed by atoms with E-state index in [1.165, 1.54) is 6.33 Å². The first-order chi connectivity index (χ1) is 12.9. The summed E-state index contributed by atoms with van der Waals surface area (Å²) in [5, 5.41) is 13.2. The molecule has 0 radical (unpaired) electrons. The van der Waals surface area contributed by atoms with E-state index in [4.69, 9.17) is 0 Å². The third-order valence-corrected chi connectivity index (χ3v) is 3.93. The molecule has 0 aromatic carbocycles. The summed E-state index contributed by atoms with van der Waals surface area (Å²) in [6, 6.07) is 3.80. The Hall–Kier alpha value is -3.48. The Kier molecular flexibility index (Phi) is 4.68. The Morgan fingerprint density at radius 2 is 1.96 bits per heavy atom. The molecule has 0 amide bonds. The van der Waals surface area contributed by atoms with Crippen LogP contribution in [0.25, 0.3) is 16.9 Å². The van der Waals surface area contributed by atoms with E-state index < -0.39 is 0 Å². The molecule has 3 aromatic rings. The predicted molar refractivity (Wildman–Crippen MR) is 99.9 cm³/mol. The van der Waals surface area contributed by atoms with Gasteiger partial charge in [-0.3, -0.25) is 4.99 Å². The van der Waals surface area contributed by atoms with Crippen molar-refractivity contribution in [3.8, 4) is 11.3 Å². The molecule has 0 aliphatic carbocycles. The van der Waals surface area contributed by atoms with E-state index >= 15 is 0 Å². The molecule has 7 heteroatoms. The molecule has 0 atom stereocenters. The summed E-state index contributed by atoms with van der Waals surface area (Å²) < 4.78 is 1.78. The number of nitrogens with zero attached hydrogens (tertiary/aromatic N) is 7. The topological polar surface area (TPSA) is 81.2 Å². The molecule has 4 rings (SSSR count). The van der Waals surface area contributed by atoms with Gasteiger partial charge in [0.2, 0.25) is 0 Å². The van der Waals surface area contributed by atoms with Crippen molar-refractivity contribution in [3.63, 3.8) is 0 Å². The van der Waals surface area contributed by atoms with E-state index in [9.17, 15) is 0 Å². The Morgan fingerprint density at radius 1 is 1.04 bits per heavy atom. The van der Waals surface area contributed by atoms with Crippen molar-refractivity contribution in [2.75, 3.05) is 6.54 Å². The van der Waals surface area contributed by atoms with Crippen LogP contribution in [0.15, 0.2) is 71.8 Å². The lowest BCUT2D eigenvalue weighted by Gasteiger charge is -2.04. The standard InChI is InChI=1S/C19H17N7/c1-2-5-15(6-4-10-20-9-3-1)11-19-24-23-18-8-7-17(25-26(18)19)16-12-21-14-22-13-16/h1,3-9,12-14H,2,10-11H2/b3-1?,6-4-,15-5+,20-9?. The maximum absolute atomic E-state index is 4.67. The number of aliphatic imine (C=N–C) groups is 1. The molecule has 0 fully saturated rings. The molecule has 26 heavy (non-hydrogen) atoms. The van der Waals surface area contributed by atoms with E-state index in [0.717, 1.165) is 34.7 Å². The van der Waals surface area contributed by atoms with Crippen LogP contribution >= 0.6 is 0 Å². The zero-order valence-corrected chi connectivity index (χ0v) is 14.1. The number of rotatable bonds is 3. The number of allylic oxidation sites excluding steroid dienone is 5. The summed E-state index contributed by atoms with van der Waals surface area (Å²) in [5.41, 5.74) is 3.52. The van der Waals surface area contributed by atoms with E-state index in [0.29, 0.717) is 13.0 Å². The molecule has 128 valence electrons. The van der Waals surface area contributed by atoms with Gasteiger partial charge in [0, 0.05) is 30.6 Å². The maximum atomic E-state index is 4.67. The molecular formula is C19H17N7. The highest BCUT2D eigenvalue weighted by Gasteiger charge is 2.10. The van der Waals surface area contributed by atoms with Crippen molar-refractivity contribution in [2.24, 2.45) is 4.99 Å². The van der Waals surface area contributed by atoms with Crippen molar-refractivity contribution in [2.45, 2.75) is 12.8 Å². The molecule has 0 saturated carbocycles. The SMILES string of the molecule is C1=CC/C=C(Cc2nnc3ccc(-c4cncnc4)nn23)\C=C/CN=C1. The fourth-order valence-corrected chi connectivity index (χ4v) is 2.66. The minimum Gasteiger partial charge on any atom is -0.289 e. The highest BCUT2D eigenvalue weighted by molar-refractivity contribution is 5.71. The Labute approximate surface area is 150 Å². The van der Waals surface area contributed by atoms with E-state index in [1.807, 2.05) is 30.5 Å². The van der Waals surface area contributed by atoms with Gasteiger partial charge in [-0.2, -0.15) is 9.61 Å². The van der Waals surface area contributed by atoms with Gasteiger partial charge in [0.15, 0.2) is 11.5 Å². The lowest BCUT2D eigenvalue weighted by molar-refractivity contribution is 0.839. The van der Waals surface area contributed by atoms with Crippen LogP contribution in [-0.4, -0.2) is 42.5 Å². The number of hydrogen-bond acceptors (Lipinski definition) is 6. The van der Waals surface area contributed by atoms with E-state index in [2.05, 4.69) is 48.5 Å². The van der Waals surface area contributed by atoms with Crippen molar-refractivity contribution in [3.05, 3.63) is 72.6 Å². The van der Waals surface area contributed by atoms with Gasteiger partial charge in [0.25, 0.3) is 0 Å². The van der Waals surface area contributed by atoms with Crippen LogP contribution in [0.1, 0.15) is 12.2 Å². The fourth-order valence-electron chi connectivity index (χ4n) is 2.66. The zero-order valence-electron chi connectivity index (χ0n) is 14.1. The van der Waals surface area contributed by atoms with Crippen LogP contribution < -0.4 is 0 Å². The molecule has 1 aliphatic rings. The van der Waals surface area contributed by atoms with Gasteiger partial charge >= 0.3 is 0 Å². The van der Waals surface area contributed by atoms with Gasteiger partial charge in [0.05, 0.1) is 12.2 Å². The van der Waals surface area contributed by atoms with Crippen LogP contribution in [-0.2, 0) is 6.42 Å². The second-order valence-electron chi connectivity index (χ2n) is 5.77. The highest BCUT2D eigenvalue weighted by Crippen LogP contribution is 2.16. The maximum Gasteiger partial charge on any atom is 0.177 e. The quantitative estimate of drug-likeness (QED) is 0.730. The average molecular weight is 343 g/mol. The van der Waals surface area contributed by atoms with Gasteiger partial charge in [-0.15, -0.1) is 10.2 Å². The first kappa shape index (κ1) is 16.0. The summed E-state index contributed by atoms with van der Waals surface area (Å²) in [5.74, 6) is 0.791. The minimum absolute atomic E-state index is 0.650. The second kappa shape index (κ2) is 7.60. The Balaban J connectivity index is 1.66. The molecule has 4 heterocycles. The van der Waals surface area contributed by atoms with E-state index in [1.54, 1.807) is 16.9 Å². The first-order valence-electron chi connectivity index (χ1n) is 8.37. The Bertz CT molecular complexity index is 1010. The molecule has 7 nitrogen and oxygen atoms in total. The fraction of sp³-hybridized carbons (Fsp3) is 0.158. The molecule has 0 unspecified atom stereocenters. The van der Waals surface area contributed by atoms with Crippen molar-refractivity contribution < 1.29 is 0 Å². The highest BCUT2D eigenvalue weighted by atomic mass is 15.4. The van der Waals surface area contributed by atoms with Crippen LogP contribution in [0.2, 0.25) is 0 Å². The van der Waals surface area contributed by atoms with Gasteiger partial charge < -0.3 is 0 Å². The van der Waals surface area contributed by atoms with Crippen LogP contribution in [0.4, 0.5) is 0 Å². The molecule has 3 aromatic heterocycles. The lowest BCUT2D eigenvalue weighted by atomic mass is 10.1. The normalized spacial score (nSPS) is 17.8. The number of aromatic nitrogens is 6. The number of fused-ring (bicyclic) bond motifs is 1. The lowest BCUT2D eigenvalue weighted by Crippen LogP contribution is -2.02. The van der Waals surface area contributed by atoms with Crippen LogP contribution in [0.3, 0.4) is 0 Å². The molecular weight excluding hydrogens is 326 g/mol.